The molecular formula is C19H15Cl2F2N3O3. The van der Waals surface area contributed by atoms with Crippen molar-refractivity contribution in [2.24, 2.45) is 0 Å². The number of carbonyl (C=O) groups is 1. The van der Waals surface area contributed by atoms with Crippen molar-refractivity contribution in [1.82, 2.24) is 9.78 Å². The van der Waals surface area contributed by atoms with Gasteiger partial charge in [0.05, 0.1) is 5.02 Å². The van der Waals surface area contributed by atoms with E-state index in [1.54, 1.807) is 24.4 Å². The van der Waals surface area contributed by atoms with Crippen molar-refractivity contribution >= 4 is 34.8 Å². The van der Waals surface area contributed by atoms with Crippen LogP contribution in [0.5, 0.6) is 11.5 Å². The van der Waals surface area contributed by atoms with E-state index in [-0.39, 0.29) is 23.2 Å². The van der Waals surface area contributed by atoms with Gasteiger partial charge in [-0.3, -0.25) is 4.79 Å². The van der Waals surface area contributed by atoms with Gasteiger partial charge in [-0.05, 0) is 55.0 Å². The lowest BCUT2D eigenvalue weighted by Crippen LogP contribution is -2.14. The number of alkyl halides is 2. The Morgan fingerprint density at radius 2 is 1.93 bits per heavy atom. The average Bonchev–Trinajstić information content (AvgIpc) is 3.12. The van der Waals surface area contributed by atoms with Gasteiger partial charge in [-0.15, -0.1) is 0 Å². The Bertz CT molecular complexity index is 1030. The maximum Gasteiger partial charge on any atom is 0.387 e. The third kappa shape index (κ3) is 5.58. The van der Waals surface area contributed by atoms with Crippen LogP contribution in [0.25, 0.3) is 0 Å². The van der Waals surface area contributed by atoms with Crippen molar-refractivity contribution in [1.29, 1.82) is 0 Å². The largest absolute Gasteiger partial charge is 0.471 e. The number of hydrogen-bond acceptors (Lipinski definition) is 4. The number of ether oxygens (including phenoxy) is 2. The van der Waals surface area contributed by atoms with E-state index in [2.05, 4.69) is 15.2 Å². The molecule has 0 saturated heterocycles. The summed E-state index contributed by atoms with van der Waals surface area (Å²) in [5.41, 5.74) is 1.33. The molecule has 1 heterocycles. The first-order valence-corrected chi connectivity index (χ1v) is 9.05. The summed E-state index contributed by atoms with van der Waals surface area (Å²) in [5, 5.41) is 7.29. The standard InChI is InChI=1S/C19H15Cl2F2N3O3/c1-11-8-12(20)2-4-16(11)28-10-26-7-6-15(25-26)18(27)24-13-3-5-17(14(21)9-13)29-19(22)23/h2-9,19H,10H2,1H3,(H,24,27). The molecule has 6 nitrogen and oxygen atoms in total. The quantitative estimate of drug-likeness (QED) is 0.533. The fourth-order valence-corrected chi connectivity index (χ4v) is 2.88. The highest BCUT2D eigenvalue weighted by molar-refractivity contribution is 6.32. The number of anilines is 1. The maximum atomic E-state index is 12.3. The Balaban J connectivity index is 1.61. The number of aryl methyl sites for hydroxylation is 1. The summed E-state index contributed by atoms with van der Waals surface area (Å²) >= 11 is 11.8. The second-order valence-corrected chi connectivity index (χ2v) is 6.75. The predicted molar refractivity (Wildman–Crippen MR) is 105 cm³/mol. The van der Waals surface area contributed by atoms with Crippen molar-refractivity contribution in [2.75, 3.05) is 5.32 Å². The minimum Gasteiger partial charge on any atom is -0.471 e. The summed E-state index contributed by atoms with van der Waals surface area (Å²) in [5.74, 6) is -0.0275. The molecule has 1 amide bonds. The van der Waals surface area contributed by atoms with Crippen LogP contribution in [-0.2, 0) is 6.73 Å². The molecule has 0 saturated carbocycles. The molecule has 0 unspecified atom stereocenters. The van der Waals surface area contributed by atoms with Gasteiger partial charge in [0, 0.05) is 16.9 Å². The van der Waals surface area contributed by atoms with Crippen LogP contribution >= 0.6 is 23.2 Å². The lowest BCUT2D eigenvalue weighted by Gasteiger charge is -2.09. The first-order valence-electron chi connectivity index (χ1n) is 8.30. The lowest BCUT2D eigenvalue weighted by molar-refractivity contribution is -0.0497. The zero-order chi connectivity index (χ0) is 21.0. The van der Waals surface area contributed by atoms with E-state index in [0.29, 0.717) is 16.5 Å². The van der Waals surface area contributed by atoms with Gasteiger partial charge in [-0.1, -0.05) is 23.2 Å². The van der Waals surface area contributed by atoms with E-state index in [1.165, 1.54) is 28.9 Å². The molecule has 3 aromatic rings. The topological polar surface area (TPSA) is 65.4 Å². The maximum absolute atomic E-state index is 12.3. The Morgan fingerprint density at radius 1 is 1.17 bits per heavy atom. The van der Waals surface area contributed by atoms with Crippen molar-refractivity contribution in [2.45, 2.75) is 20.3 Å². The zero-order valence-electron chi connectivity index (χ0n) is 15.0. The van der Waals surface area contributed by atoms with Crippen LogP contribution in [0.15, 0.2) is 48.7 Å². The number of rotatable bonds is 7. The van der Waals surface area contributed by atoms with Crippen molar-refractivity contribution < 1.29 is 23.0 Å². The SMILES string of the molecule is Cc1cc(Cl)ccc1OCn1ccc(C(=O)Nc2ccc(OC(F)F)c(Cl)c2)n1. The molecule has 10 heteroatoms. The summed E-state index contributed by atoms with van der Waals surface area (Å²) in [6.07, 6.45) is 1.59. The Kier molecular flexibility index (Phi) is 6.56. The number of carbonyl (C=O) groups excluding carboxylic acids is 1. The summed E-state index contributed by atoms with van der Waals surface area (Å²) in [4.78, 5) is 12.3. The lowest BCUT2D eigenvalue weighted by atomic mass is 10.2. The zero-order valence-corrected chi connectivity index (χ0v) is 16.5. The molecule has 0 aliphatic heterocycles. The monoisotopic (exact) mass is 441 g/mol. The highest BCUT2D eigenvalue weighted by Crippen LogP contribution is 2.29. The Hall–Kier alpha value is -2.84. The van der Waals surface area contributed by atoms with Gasteiger partial charge >= 0.3 is 6.61 Å². The minimum atomic E-state index is -2.99. The molecule has 0 aliphatic carbocycles. The summed E-state index contributed by atoms with van der Waals surface area (Å²) in [6.45, 7) is -1.02. The smallest absolute Gasteiger partial charge is 0.387 e. The van der Waals surface area contributed by atoms with Crippen LogP contribution in [0.2, 0.25) is 10.0 Å². The number of nitrogens with one attached hydrogen (secondary N) is 1. The van der Waals surface area contributed by atoms with Crippen LogP contribution in [0.1, 0.15) is 16.1 Å². The van der Waals surface area contributed by atoms with E-state index in [9.17, 15) is 13.6 Å². The van der Waals surface area contributed by atoms with Gasteiger partial charge in [0.15, 0.2) is 12.4 Å². The minimum absolute atomic E-state index is 0.0552. The van der Waals surface area contributed by atoms with Crippen LogP contribution in [0.4, 0.5) is 14.5 Å². The van der Waals surface area contributed by atoms with Gasteiger partial charge in [-0.2, -0.15) is 13.9 Å². The van der Waals surface area contributed by atoms with Crippen molar-refractivity contribution in [3.8, 4) is 11.5 Å². The number of benzene rings is 2. The van der Waals surface area contributed by atoms with Crippen LogP contribution in [0, 0.1) is 6.92 Å². The predicted octanol–water partition coefficient (Wildman–Crippen LogP) is 5.39. The molecule has 0 fully saturated rings. The van der Waals surface area contributed by atoms with Gasteiger partial charge in [-0.25, -0.2) is 4.68 Å². The fourth-order valence-electron chi connectivity index (χ4n) is 2.43. The molecule has 1 N–H and O–H groups in total. The summed E-state index contributed by atoms with van der Waals surface area (Å²) in [7, 11) is 0. The molecule has 29 heavy (non-hydrogen) atoms. The van der Waals surface area contributed by atoms with Crippen LogP contribution in [0.3, 0.4) is 0 Å². The Morgan fingerprint density at radius 3 is 2.62 bits per heavy atom. The van der Waals surface area contributed by atoms with E-state index in [1.807, 2.05) is 6.92 Å². The van der Waals surface area contributed by atoms with E-state index in [4.69, 9.17) is 27.9 Å². The summed E-state index contributed by atoms with van der Waals surface area (Å²) < 4.78 is 35.9. The molecule has 0 bridgehead atoms. The average molecular weight is 442 g/mol. The number of hydrogen-bond donors (Lipinski definition) is 1. The highest BCUT2D eigenvalue weighted by atomic mass is 35.5. The summed E-state index contributed by atoms with van der Waals surface area (Å²) in [6, 6.07) is 10.7. The molecule has 0 aliphatic rings. The van der Waals surface area contributed by atoms with E-state index < -0.39 is 12.5 Å². The first-order chi connectivity index (χ1) is 13.8. The van der Waals surface area contributed by atoms with Gasteiger partial charge < -0.3 is 14.8 Å². The van der Waals surface area contributed by atoms with Crippen molar-refractivity contribution in [3.63, 3.8) is 0 Å². The third-order valence-corrected chi connectivity index (χ3v) is 4.30. The molecule has 0 radical (unpaired) electrons. The second-order valence-electron chi connectivity index (χ2n) is 5.90. The molecule has 2 aromatic carbocycles. The van der Waals surface area contributed by atoms with E-state index in [0.717, 1.165) is 5.56 Å². The second kappa shape index (κ2) is 9.11. The molecule has 0 atom stereocenters. The number of aromatic nitrogens is 2. The molecular weight excluding hydrogens is 427 g/mol. The molecule has 152 valence electrons. The molecule has 3 rings (SSSR count). The van der Waals surface area contributed by atoms with Crippen molar-refractivity contribution in [3.05, 3.63) is 70.0 Å². The fraction of sp³-hybridized carbons (Fsp3) is 0.158. The normalized spacial score (nSPS) is 10.8. The number of amides is 1. The van der Waals surface area contributed by atoms with E-state index >= 15 is 0 Å². The first kappa shape index (κ1) is 20.9. The number of halogens is 4. The number of nitrogens with zero attached hydrogens (tertiary/aromatic N) is 2. The van der Waals surface area contributed by atoms with Crippen LogP contribution < -0.4 is 14.8 Å². The highest BCUT2D eigenvalue weighted by Gasteiger charge is 2.13. The van der Waals surface area contributed by atoms with Gasteiger partial charge in [0.2, 0.25) is 0 Å². The molecule has 0 spiro atoms. The third-order valence-electron chi connectivity index (χ3n) is 3.77. The van der Waals surface area contributed by atoms with Gasteiger partial charge in [0.1, 0.15) is 11.5 Å². The Labute approximate surface area is 174 Å². The van der Waals surface area contributed by atoms with Crippen LogP contribution in [-0.4, -0.2) is 22.3 Å². The van der Waals surface area contributed by atoms with Gasteiger partial charge in [0.25, 0.3) is 5.91 Å². The molecule has 1 aromatic heterocycles.